The predicted molar refractivity (Wildman–Crippen MR) is 69.1 cm³/mol. The zero-order valence-corrected chi connectivity index (χ0v) is 10.6. The Balaban J connectivity index is 2.68. The van der Waals surface area contributed by atoms with Crippen LogP contribution in [0.1, 0.15) is 0 Å². The van der Waals surface area contributed by atoms with Gasteiger partial charge in [0.05, 0.1) is 27.6 Å². The van der Waals surface area contributed by atoms with Gasteiger partial charge in [0.1, 0.15) is 5.82 Å². The zero-order chi connectivity index (χ0) is 12.6. The average Bonchev–Trinajstić information content (AvgIpc) is 2.19. The molecule has 0 bridgehead atoms. The lowest BCUT2D eigenvalue weighted by atomic mass is 10.1. The van der Waals surface area contributed by atoms with Crippen molar-refractivity contribution in [3.05, 3.63) is 45.3 Å². The van der Waals surface area contributed by atoms with Gasteiger partial charge in [-0.15, -0.1) is 0 Å². The molecule has 0 aliphatic rings. The molecule has 0 unspecified atom stereocenters. The number of pyridine rings is 1. The van der Waals surface area contributed by atoms with Crippen molar-refractivity contribution in [1.29, 1.82) is 0 Å². The summed E-state index contributed by atoms with van der Waals surface area (Å²) in [6, 6.07) is 4.20. The summed E-state index contributed by atoms with van der Waals surface area (Å²) in [5.41, 5.74) is 6.61. The maximum atomic E-state index is 12.9. The van der Waals surface area contributed by atoms with Gasteiger partial charge in [0, 0.05) is 16.7 Å². The van der Waals surface area contributed by atoms with E-state index in [9.17, 15) is 4.39 Å². The molecule has 2 N–H and O–H groups in total. The molecule has 0 spiro atoms. The van der Waals surface area contributed by atoms with E-state index in [4.69, 9.17) is 40.5 Å². The number of aromatic nitrogens is 1. The number of nitrogens with zero attached hydrogens (tertiary/aromatic N) is 1. The molecule has 2 nitrogen and oxygen atoms in total. The third-order valence-corrected chi connectivity index (χ3v) is 2.94. The van der Waals surface area contributed by atoms with Crippen LogP contribution >= 0.6 is 34.8 Å². The van der Waals surface area contributed by atoms with Crippen molar-refractivity contribution in [3.63, 3.8) is 0 Å². The lowest BCUT2D eigenvalue weighted by Gasteiger charge is -2.09. The molecule has 2 rings (SSSR count). The second-order valence-corrected chi connectivity index (χ2v) is 4.59. The van der Waals surface area contributed by atoms with Crippen molar-refractivity contribution in [3.8, 4) is 11.3 Å². The van der Waals surface area contributed by atoms with E-state index in [1.54, 1.807) is 0 Å². The molecule has 0 fully saturated rings. The standard InChI is InChI=1S/C11H6Cl3FN2/c12-5-1-7(13)10(8(14)2-5)11-9(16)3-6(15)4-17-11/h1-4H,16H2. The maximum Gasteiger partial charge on any atom is 0.143 e. The number of halogens is 4. The fourth-order valence-electron chi connectivity index (χ4n) is 1.43. The maximum absolute atomic E-state index is 12.9. The Morgan fingerprint density at radius 2 is 1.65 bits per heavy atom. The monoisotopic (exact) mass is 290 g/mol. The smallest absolute Gasteiger partial charge is 0.143 e. The molecule has 6 heteroatoms. The third kappa shape index (κ3) is 2.46. The lowest BCUT2D eigenvalue weighted by molar-refractivity contribution is 0.622. The zero-order valence-electron chi connectivity index (χ0n) is 8.35. The average molecular weight is 292 g/mol. The molecule has 0 atom stereocenters. The van der Waals surface area contributed by atoms with E-state index in [0.717, 1.165) is 12.3 Å². The Hall–Kier alpha value is -1.03. The quantitative estimate of drug-likeness (QED) is 0.844. The molecule has 1 aromatic carbocycles. The van der Waals surface area contributed by atoms with Crippen LogP contribution in [0.4, 0.5) is 10.1 Å². The molecule has 2 aromatic rings. The minimum Gasteiger partial charge on any atom is -0.397 e. The summed E-state index contributed by atoms with van der Waals surface area (Å²) < 4.78 is 12.9. The highest BCUT2D eigenvalue weighted by atomic mass is 35.5. The van der Waals surface area contributed by atoms with Gasteiger partial charge < -0.3 is 5.73 Å². The van der Waals surface area contributed by atoms with E-state index in [1.807, 2.05) is 0 Å². The highest BCUT2D eigenvalue weighted by Crippen LogP contribution is 2.38. The summed E-state index contributed by atoms with van der Waals surface area (Å²) in [4.78, 5) is 3.89. The molecule has 0 aliphatic heterocycles. The SMILES string of the molecule is Nc1cc(F)cnc1-c1c(Cl)cc(Cl)cc1Cl. The highest BCUT2D eigenvalue weighted by Gasteiger charge is 2.14. The van der Waals surface area contributed by atoms with E-state index in [-0.39, 0.29) is 5.69 Å². The Morgan fingerprint density at radius 3 is 2.18 bits per heavy atom. The van der Waals surface area contributed by atoms with Crippen LogP contribution in [0.25, 0.3) is 11.3 Å². The normalized spacial score (nSPS) is 10.6. The number of nitrogens with two attached hydrogens (primary N) is 1. The molecule has 1 heterocycles. The molecule has 1 aromatic heterocycles. The van der Waals surface area contributed by atoms with E-state index in [0.29, 0.717) is 26.3 Å². The first kappa shape index (κ1) is 12.4. The number of hydrogen-bond donors (Lipinski definition) is 1. The third-order valence-electron chi connectivity index (χ3n) is 2.13. The molecular weight excluding hydrogens is 285 g/mol. The van der Waals surface area contributed by atoms with Crippen LogP contribution in [0.2, 0.25) is 15.1 Å². The Morgan fingerprint density at radius 1 is 1.06 bits per heavy atom. The molecule has 0 aliphatic carbocycles. The van der Waals surface area contributed by atoms with E-state index < -0.39 is 5.82 Å². The first-order valence-electron chi connectivity index (χ1n) is 4.55. The van der Waals surface area contributed by atoms with Crippen LogP contribution in [0, 0.1) is 5.82 Å². The lowest BCUT2D eigenvalue weighted by Crippen LogP contribution is -1.96. The molecule has 0 saturated heterocycles. The van der Waals surface area contributed by atoms with Crippen LogP contribution in [0.5, 0.6) is 0 Å². The number of anilines is 1. The minimum atomic E-state index is -0.521. The van der Waals surface area contributed by atoms with Crippen LogP contribution in [-0.2, 0) is 0 Å². The highest BCUT2D eigenvalue weighted by molar-refractivity contribution is 6.41. The second kappa shape index (κ2) is 4.69. The van der Waals surface area contributed by atoms with Gasteiger partial charge in [-0.3, -0.25) is 4.98 Å². The van der Waals surface area contributed by atoms with Gasteiger partial charge in [0.15, 0.2) is 0 Å². The van der Waals surface area contributed by atoms with Gasteiger partial charge in [-0.05, 0) is 12.1 Å². The van der Waals surface area contributed by atoms with Gasteiger partial charge in [-0.1, -0.05) is 34.8 Å². The number of hydrogen-bond acceptors (Lipinski definition) is 2. The van der Waals surface area contributed by atoms with Crippen LogP contribution in [-0.4, -0.2) is 4.98 Å². The van der Waals surface area contributed by atoms with Crippen molar-refractivity contribution in [2.24, 2.45) is 0 Å². The fourth-order valence-corrected chi connectivity index (χ4v) is 2.43. The Bertz CT molecular complexity index is 564. The molecular formula is C11H6Cl3FN2. The van der Waals surface area contributed by atoms with Crippen LogP contribution < -0.4 is 5.73 Å². The predicted octanol–water partition coefficient (Wildman–Crippen LogP) is 4.43. The van der Waals surface area contributed by atoms with Gasteiger partial charge in [0.25, 0.3) is 0 Å². The molecule has 0 amide bonds. The molecule has 17 heavy (non-hydrogen) atoms. The number of nitrogen functional groups attached to an aromatic ring is 1. The number of benzene rings is 1. The van der Waals surface area contributed by atoms with Crippen molar-refractivity contribution < 1.29 is 4.39 Å². The summed E-state index contributed by atoms with van der Waals surface area (Å²) in [5, 5.41) is 1.03. The van der Waals surface area contributed by atoms with Crippen molar-refractivity contribution in [2.75, 3.05) is 5.73 Å². The first-order chi connectivity index (χ1) is 7.99. The summed E-state index contributed by atoms with van der Waals surface area (Å²) in [6.07, 6.45) is 1.05. The summed E-state index contributed by atoms with van der Waals surface area (Å²) in [7, 11) is 0. The van der Waals surface area contributed by atoms with E-state index in [2.05, 4.69) is 4.98 Å². The van der Waals surface area contributed by atoms with E-state index >= 15 is 0 Å². The fraction of sp³-hybridized carbons (Fsp3) is 0. The van der Waals surface area contributed by atoms with E-state index in [1.165, 1.54) is 12.1 Å². The number of rotatable bonds is 1. The van der Waals surface area contributed by atoms with Crippen LogP contribution in [0.3, 0.4) is 0 Å². The summed E-state index contributed by atoms with van der Waals surface area (Å²) in [5.74, 6) is -0.521. The van der Waals surface area contributed by atoms with Gasteiger partial charge in [-0.25, -0.2) is 4.39 Å². The largest absolute Gasteiger partial charge is 0.397 e. The van der Waals surface area contributed by atoms with Gasteiger partial charge in [-0.2, -0.15) is 0 Å². The van der Waals surface area contributed by atoms with Crippen molar-refractivity contribution in [2.45, 2.75) is 0 Å². The van der Waals surface area contributed by atoms with Crippen molar-refractivity contribution >= 4 is 40.5 Å². The summed E-state index contributed by atoms with van der Waals surface area (Å²) in [6.45, 7) is 0. The van der Waals surface area contributed by atoms with Gasteiger partial charge >= 0.3 is 0 Å². The van der Waals surface area contributed by atoms with Crippen molar-refractivity contribution in [1.82, 2.24) is 4.98 Å². The first-order valence-corrected chi connectivity index (χ1v) is 5.68. The minimum absolute atomic E-state index is 0.163. The molecule has 0 radical (unpaired) electrons. The van der Waals surface area contributed by atoms with Gasteiger partial charge in [0.2, 0.25) is 0 Å². The molecule has 88 valence electrons. The molecule has 0 saturated carbocycles. The Kier molecular flexibility index (Phi) is 3.43. The Labute approximate surface area is 112 Å². The van der Waals surface area contributed by atoms with Crippen LogP contribution in [0.15, 0.2) is 24.4 Å². The second-order valence-electron chi connectivity index (χ2n) is 3.34. The summed E-state index contributed by atoms with van der Waals surface area (Å²) >= 11 is 17.8. The topological polar surface area (TPSA) is 38.9 Å².